The second kappa shape index (κ2) is 7.11. The highest BCUT2D eigenvalue weighted by Crippen LogP contribution is 2.29. The number of rotatable bonds is 7. The van der Waals surface area contributed by atoms with E-state index in [0.29, 0.717) is 6.07 Å². The SMILES string of the molecule is O=C(Cl)OOCCS(=O)(=O)c1ccc([N+](=O)[O-])cc1[N+](=O)[O-]. The van der Waals surface area contributed by atoms with Crippen LogP contribution in [-0.2, 0) is 19.6 Å². The molecule has 0 heterocycles. The molecule has 0 N–H and O–H groups in total. The zero-order valence-electron chi connectivity index (χ0n) is 10.5. The molecule has 0 saturated heterocycles. The van der Waals surface area contributed by atoms with Crippen molar-refractivity contribution in [1.29, 1.82) is 0 Å². The van der Waals surface area contributed by atoms with Crippen molar-refractivity contribution in [3.63, 3.8) is 0 Å². The van der Waals surface area contributed by atoms with Gasteiger partial charge in [0.1, 0.15) is 11.5 Å². The van der Waals surface area contributed by atoms with Gasteiger partial charge >= 0.3 is 5.43 Å². The van der Waals surface area contributed by atoms with Gasteiger partial charge in [-0.3, -0.25) is 25.1 Å². The van der Waals surface area contributed by atoms with Crippen LogP contribution in [-0.4, -0.2) is 36.1 Å². The number of carbonyl (C=O) groups is 1. The Hall–Kier alpha value is -2.31. The molecule has 22 heavy (non-hydrogen) atoms. The first kappa shape index (κ1) is 17.7. The van der Waals surface area contributed by atoms with Gasteiger partial charge in [-0.25, -0.2) is 13.2 Å². The van der Waals surface area contributed by atoms with Crippen molar-refractivity contribution in [2.45, 2.75) is 4.90 Å². The van der Waals surface area contributed by atoms with E-state index in [1.54, 1.807) is 0 Å². The fraction of sp³-hybridized carbons (Fsp3) is 0.222. The molecule has 13 heteroatoms. The van der Waals surface area contributed by atoms with Gasteiger partial charge in [-0.1, -0.05) is 0 Å². The van der Waals surface area contributed by atoms with E-state index in [1.165, 1.54) is 0 Å². The third kappa shape index (κ3) is 4.61. The van der Waals surface area contributed by atoms with Gasteiger partial charge in [0.05, 0.1) is 21.7 Å². The summed E-state index contributed by atoms with van der Waals surface area (Å²) >= 11 is 4.77. The van der Waals surface area contributed by atoms with E-state index in [2.05, 4.69) is 9.78 Å². The molecule has 11 nitrogen and oxygen atoms in total. The van der Waals surface area contributed by atoms with Crippen molar-refractivity contribution in [2.75, 3.05) is 12.4 Å². The number of hydrogen-bond acceptors (Lipinski definition) is 9. The Kier molecular flexibility index (Phi) is 5.73. The molecule has 1 rings (SSSR count). The molecule has 0 atom stereocenters. The maximum Gasteiger partial charge on any atom is 0.435 e. The minimum absolute atomic E-state index is 0.534. The number of carbonyl (C=O) groups excluding carboxylic acids is 1. The van der Waals surface area contributed by atoms with Crippen molar-refractivity contribution in [2.24, 2.45) is 0 Å². The van der Waals surface area contributed by atoms with Crippen LogP contribution in [0, 0.1) is 20.2 Å². The predicted molar refractivity (Wildman–Crippen MR) is 70.1 cm³/mol. The van der Waals surface area contributed by atoms with Gasteiger partial charge in [-0.2, -0.15) is 4.89 Å². The van der Waals surface area contributed by atoms with E-state index in [-0.39, 0.29) is 0 Å². The van der Waals surface area contributed by atoms with Crippen LogP contribution >= 0.6 is 11.6 Å². The second-order valence-electron chi connectivity index (χ2n) is 3.63. The van der Waals surface area contributed by atoms with Crippen LogP contribution in [0.25, 0.3) is 0 Å². The third-order valence-corrected chi connectivity index (χ3v) is 4.03. The van der Waals surface area contributed by atoms with Crippen molar-refractivity contribution in [1.82, 2.24) is 0 Å². The van der Waals surface area contributed by atoms with Crippen molar-refractivity contribution >= 4 is 38.2 Å². The predicted octanol–water partition coefficient (Wildman–Crippen LogP) is 1.58. The monoisotopic (exact) mass is 354 g/mol. The van der Waals surface area contributed by atoms with E-state index < -0.39 is 53.7 Å². The number of benzene rings is 1. The lowest BCUT2D eigenvalue weighted by atomic mass is 10.3. The Morgan fingerprint density at radius 3 is 2.36 bits per heavy atom. The van der Waals surface area contributed by atoms with Gasteiger partial charge in [0.25, 0.3) is 11.4 Å². The molecule has 0 aliphatic carbocycles. The number of nitrogens with zero attached hydrogens (tertiary/aromatic N) is 2. The first-order valence-electron chi connectivity index (χ1n) is 5.29. The lowest BCUT2D eigenvalue weighted by Gasteiger charge is -2.05. The molecule has 1 aromatic rings. The highest BCUT2D eigenvalue weighted by atomic mass is 35.5. The Bertz CT molecular complexity index is 718. The van der Waals surface area contributed by atoms with Crippen LogP contribution < -0.4 is 0 Å². The molecule has 0 saturated carbocycles. The number of nitro groups is 2. The molecule has 0 radical (unpaired) electrons. The molecule has 0 aliphatic heterocycles. The van der Waals surface area contributed by atoms with E-state index >= 15 is 0 Å². The Labute approximate surface area is 127 Å². The summed E-state index contributed by atoms with van der Waals surface area (Å²) in [6.07, 6.45) is 0. The number of non-ortho nitro benzene ring substituents is 1. The molecule has 0 spiro atoms. The summed E-state index contributed by atoms with van der Waals surface area (Å²) in [6, 6.07) is 2.10. The molecule has 1 aromatic carbocycles. The zero-order valence-corrected chi connectivity index (χ0v) is 12.1. The van der Waals surface area contributed by atoms with Crippen LogP contribution in [0.3, 0.4) is 0 Å². The first-order valence-corrected chi connectivity index (χ1v) is 7.32. The topological polar surface area (TPSA) is 156 Å². The minimum atomic E-state index is -4.20. The smallest absolute Gasteiger partial charge is 0.280 e. The van der Waals surface area contributed by atoms with Gasteiger partial charge < -0.3 is 0 Å². The molecule has 0 fully saturated rings. The van der Waals surface area contributed by atoms with E-state index in [4.69, 9.17) is 11.6 Å². The molecular formula is C9H7ClN2O9S. The number of halogens is 1. The van der Waals surface area contributed by atoms with Crippen molar-refractivity contribution in [3.8, 4) is 0 Å². The summed E-state index contributed by atoms with van der Waals surface area (Å²) in [5.74, 6) is -0.768. The van der Waals surface area contributed by atoms with Crippen LogP contribution in [0.2, 0.25) is 0 Å². The highest BCUT2D eigenvalue weighted by Gasteiger charge is 2.28. The number of nitro benzene ring substituents is 2. The minimum Gasteiger partial charge on any atom is -0.280 e. The first-order chi connectivity index (χ1) is 10.1. The van der Waals surface area contributed by atoms with E-state index in [9.17, 15) is 33.4 Å². The van der Waals surface area contributed by atoms with Gasteiger partial charge in [-0.05, 0) is 6.07 Å². The largest absolute Gasteiger partial charge is 0.435 e. The van der Waals surface area contributed by atoms with Gasteiger partial charge in [0.2, 0.25) is 0 Å². The summed E-state index contributed by atoms with van der Waals surface area (Å²) in [6.45, 7) is -0.630. The fourth-order valence-electron chi connectivity index (χ4n) is 1.37. The summed E-state index contributed by atoms with van der Waals surface area (Å²) in [5, 5.41) is 21.4. The van der Waals surface area contributed by atoms with Crippen LogP contribution in [0.5, 0.6) is 0 Å². The van der Waals surface area contributed by atoms with Gasteiger partial charge in [0, 0.05) is 17.7 Å². The van der Waals surface area contributed by atoms with E-state index in [0.717, 1.165) is 12.1 Å². The van der Waals surface area contributed by atoms with Gasteiger partial charge in [0.15, 0.2) is 9.84 Å². The standard InChI is InChI=1S/C9H7ClN2O9S/c10-9(13)21-20-3-4-22(18,19)8-2-1-6(11(14)15)5-7(8)12(16)17/h1-2,5H,3-4H2. The normalized spacial score (nSPS) is 11.0. The average Bonchev–Trinajstić information content (AvgIpc) is 2.42. The highest BCUT2D eigenvalue weighted by molar-refractivity contribution is 7.91. The molecule has 0 unspecified atom stereocenters. The van der Waals surface area contributed by atoms with Crippen LogP contribution in [0.4, 0.5) is 16.2 Å². The lowest BCUT2D eigenvalue weighted by Crippen LogP contribution is -2.15. The molecule has 120 valence electrons. The van der Waals surface area contributed by atoms with Crippen molar-refractivity contribution in [3.05, 3.63) is 38.4 Å². The second-order valence-corrected chi connectivity index (χ2v) is 6.01. The Morgan fingerprint density at radius 1 is 1.23 bits per heavy atom. The molecular weight excluding hydrogens is 348 g/mol. The van der Waals surface area contributed by atoms with Crippen molar-refractivity contribution < 1.29 is 32.8 Å². The van der Waals surface area contributed by atoms with E-state index in [1.807, 2.05) is 0 Å². The Balaban J connectivity index is 3.05. The van der Waals surface area contributed by atoms with Gasteiger partial charge in [-0.15, -0.1) is 0 Å². The summed E-state index contributed by atoms with van der Waals surface area (Å²) in [7, 11) is -4.20. The number of hydrogen-bond donors (Lipinski definition) is 0. The molecule has 0 aromatic heterocycles. The third-order valence-electron chi connectivity index (χ3n) is 2.24. The maximum atomic E-state index is 12.0. The summed E-state index contributed by atoms with van der Waals surface area (Å²) in [5.41, 5.74) is -2.89. The summed E-state index contributed by atoms with van der Waals surface area (Å²) < 4.78 is 23.9. The molecule has 0 aliphatic rings. The quantitative estimate of drug-likeness (QED) is 0.233. The average molecular weight is 355 g/mol. The van der Waals surface area contributed by atoms with Crippen LogP contribution in [0.1, 0.15) is 0 Å². The maximum absolute atomic E-state index is 12.0. The Morgan fingerprint density at radius 2 is 1.86 bits per heavy atom. The zero-order chi connectivity index (χ0) is 16.9. The molecule has 0 amide bonds. The lowest BCUT2D eigenvalue weighted by molar-refractivity contribution is -0.396. The molecule has 0 bridgehead atoms. The van der Waals surface area contributed by atoms with Crippen LogP contribution in [0.15, 0.2) is 23.1 Å². The fourth-order valence-corrected chi connectivity index (χ4v) is 2.65. The number of sulfone groups is 1. The summed E-state index contributed by atoms with van der Waals surface area (Å²) in [4.78, 5) is 37.0.